The molecule has 21 heavy (non-hydrogen) atoms. The molecule has 0 saturated carbocycles. The number of fused-ring (bicyclic) bond motifs is 1. The molecule has 102 valence electrons. The molecule has 1 aliphatic carbocycles. The molecule has 1 heteroatoms. The van der Waals surface area contributed by atoms with E-state index in [0.29, 0.717) is 0 Å². The lowest BCUT2D eigenvalue weighted by atomic mass is 9.96. The predicted octanol–water partition coefficient (Wildman–Crippen LogP) is 4.63. The molecule has 1 atom stereocenters. The molecule has 1 aromatic heterocycles. The van der Waals surface area contributed by atoms with Crippen molar-refractivity contribution in [3.05, 3.63) is 89.6 Å². The number of hydrogen-bond acceptors (Lipinski definition) is 1. The van der Waals surface area contributed by atoms with Crippen LogP contribution < -0.4 is 0 Å². The normalized spacial score (nSPS) is 20.9. The summed E-state index contributed by atoms with van der Waals surface area (Å²) in [7, 11) is 0. The molecule has 1 heterocycles. The van der Waals surface area contributed by atoms with Crippen molar-refractivity contribution in [2.75, 3.05) is 0 Å². The molecule has 4 rings (SSSR count). The van der Waals surface area contributed by atoms with Crippen molar-refractivity contribution in [3.63, 3.8) is 0 Å². The van der Waals surface area contributed by atoms with Gasteiger partial charge in [0.1, 0.15) is 0 Å². The highest BCUT2D eigenvalue weighted by atomic mass is 14.7. The lowest BCUT2D eigenvalue weighted by Crippen LogP contribution is -1.97. The number of aromatic nitrogens is 1. The number of pyridine rings is 1. The van der Waals surface area contributed by atoms with Crippen LogP contribution in [0.1, 0.15) is 24.0 Å². The third-order valence-electron chi connectivity index (χ3n) is 4.18. The highest BCUT2D eigenvalue weighted by molar-refractivity contribution is 5.65. The summed E-state index contributed by atoms with van der Waals surface area (Å²) in [5.74, 6) is -0.573. The van der Waals surface area contributed by atoms with Gasteiger partial charge in [-0.1, -0.05) is 60.7 Å². The first kappa shape index (κ1) is 11.3. The summed E-state index contributed by atoms with van der Waals surface area (Å²) < 4.78 is 8.94. The van der Waals surface area contributed by atoms with Gasteiger partial charge in [-0.05, 0) is 41.5 Å². The molecule has 1 unspecified atom stereocenters. The van der Waals surface area contributed by atoms with Gasteiger partial charge in [0.15, 0.2) is 0 Å². The Kier molecular flexibility index (Phi) is 2.78. The first-order chi connectivity index (χ1) is 10.8. The van der Waals surface area contributed by atoms with Gasteiger partial charge in [-0.2, -0.15) is 0 Å². The SMILES string of the molecule is [2H]C1(c2ccccc2)Cc2ccnc(-c3ccccc3)c2C1. The van der Waals surface area contributed by atoms with E-state index >= 15 is 0 Å². The van der Waals surface area contributed by atoms with Crippen LogP contribution in [0, 0.1) is 0 Å². The van der Waals surface area contributed by atoms with Crippen LogP contribution in [0.5, 0.6) is 0 Å². The van der Waals surface area contributed by atoms with Crippen molar-refractivity contribution < 1.29 is 1.37 Å². The molecular weight excluding hydrogens is 254 g/mol. The zero-order chi connectivity index (χ0) is 15.0. The number of hydrogen-bond donors (Lipinski definition) is 0. The number of nitrogens with zero attached hydrogens (tertiary/aromatic N) is 1. The van der Waals surface area contributed by atoms with Crippen LogP contribution in [-0.4, -0.2) is 4.98 Å². The van der Waals surface area contributed by atoms with Crippen LogP contribution in [-0.2, 0) is 12.8 Å². The first-order valence-electron chi connectivity index (χ1n) is 7.84. The monoisotopic (exact) mass is 272 g/mol. The van der Waals surface area contributed by atoms with Crippen molar-refractivity contribution in [2.24, 2.45) is 0 Å². The van der Waals surface area contributed by atoms with Gasteiger partial charge in [-0.15, -0.1) is 0 Å². The lowest BCUT2D eigenvalue weighted by Gasteiger charge is -2.09. The van der Waals surface area contributed by atoms with Gasteiger partial charge >= 0.3 is 0 Å². The zero-order valence-electron chi connectivity index (χ0n) is 12.8. The lowest BCUT2D eigenvalue weighted by molar-refractivity contribution is 0.742. The van der Waals surface area contributed by atoms with Crippen molar-refractivity contribution in [3.8, 4) is 11.3 Å². The van der Waals surface area contributed by atoms with Crippen LogP contribution >= 0.6 is 0 Å². The van der Waals surface area contributed by atoms with Gasteiger partial charge in [-0.25, -0.2) is 0 Å². The molecule has 0 amide bonds. The molecule has 3 aromatic rings. The quantitative estimate of drug-likeness (QED) is 0.662. The maximum atomic E-state index is 8.94. The Morgan fingerprint density at radius 2 is 1.57 bits per heavy atom. The van der Waals surface area contributed by atoms with Crippen molar-refractivity contribution in [1.82, 2.24) is 4.98 Å². The minimum absolute atomic E-state index is 0.573. The first-order valence-corrected chi connectivity index (χ1v) is 7.34. The van der Waals surface area contributed by atoms with Crippen LogP contribution in [0.3, 0.4) is 0 Å². The molecule has 1 nitrogen and oxygen atoms in total. The minimum Gasteiger partial charge on any atom is -0.256 e. The second-order valence-electron chi connectivity index (χ2n) is 5.49. The van der Waals surface area contributed by atoms with Gasteiger partial charge < -0.3 is 0 Å². The van der Waals surface area contributed by atoms with E-state index in [9.17, 15) is 0 Å². The summed E-state index contributed by atoms with van der Waals surface area (Å²) in [5.41, 5.74) is 5.74. The Morgan fingerprint density at radius 3 is 2.33 bits per heavy atom. The molecule has 0 aliphatic heterocycles. The van der Waals surface area contributed by atoms with E-state index in [4.69, 9.17) is 1.37 Å². The highest BCUT2D eigenvalue weighted by Gasteiger charge is 2.25. The third kappa shape index (κ3) is 2.25. The van der Waals surface area contributed by atoms with Crippen LogP contribution in [0.2, 0.25) is 0 Å². The third-order valence-corrected chi connectivity index (χ3v) is 4.18. The molecule has 0 spiro atoms. The average molecular weight is 272 g/mol. The van der Waals surface area contributed by atoms with E-state index in [1.165, 1.54) is 11.1 Å². The Hall–Kier alpha value is -2.41. The Balaban J connectivity index is 1.79. The summed E-state index contributed by atoms with van der Waals surface area (Å²) in [6, 6.07) is 22.5. The van der Waals surface area contributed by atoms with Crippen molar-refractivity contribution >= 4 is 0 Å². The summed E-state index contributed by atoms with van der Waals surface area (Å²) in [5, 5.41) is 0. The van der Waals surface area contributed by atoms with Gasteiger partial charge in [0.05, 0.1) is 5.69 Å². The maximum absolute atomic E-state index is 8.94. The van der Waals surface area contributed by atoms with Crippen LogP contribution in [0.25, 0.3) is 11.3 Å². The van der Waals surface area contributed by atoms with E-state index in [-0.39, 0.29) is 0 Å². The summed E-state index contributed by atoms with van der Waals surface area (Å²) in [6.45, 7) is 0. The zero-order valence-corrected chi connectivity index (χ0v) is 11.8. The fraction of sp³-hybridized carbons (Fsp3) is 0.150. The van der Waals surface area contributed by atoms with Crippen LogP contribution in [0.4, 0.5) is 0 Å². The number of rotatable bonds is 2. The fourth-order valence-electron chi connectivity index (χ4n) is 3.12. The highest BCUT2D eigenvalue weighted by Crippen LogP contribution is 2.37. The van der Waals surface area contributed by atoms with E-state index < -0.39 is 5.89 Å². The summed E-state index contributed by atoms with van der Waals surface area (Å²) in [6.07, 6.45) is 3.36. The van der Waals surface area contributed by atoms with Gasteiger partial charge in [0, 0.05) is 13.1 Å². The van der Waals surface area contributed by atoms with E-state index in [2.05, 4.69) is 35.3 Å². The average Bonchev–Trinajstić information content (AvgIpc) is 2.94. The van der Waals surface area contributed by atoms with E-state index in [1.54, 1.807) is 0 Å². The minimum atomic E-state index is -0.573. The Labute approximate surface area is 126 Å². The van der Waals surface area contributed by atoms with Gasteiger partial charge in [-0.3, -0.25) is 4.98 Å². The predicted molar refractivity (Wildman–Crippen MR) is 86.3 cm³/mol. The van der Waals surface area contributed by atoms with Gasteiger partial charge in [0.25, 0.3) is 0 Å². The Bertz CT molecular complexity index is 798. The molecule has 0 bridgehead atoms. The molecule has 2 aromatic carbocycles. The van der Waals surface area contributed by atoms with Gasteiger partial charge in [0.2, 0.25) is 0 Å². The smallest absolute Gasteiger partial charge is 0.0736 e. The summed E-state index contributed by atoms with van der Waals surface area (Å²) >= 11 is 0. The summed E-state index contributed by atoms with van der Waals surface area (Å²) in [4.78, 5) is 4.60. The Morgan fingerprint density at radius 1 is 0.857 bits per heavy atom. The van der Waals surface area contributed by atoms with E-state index in [1.807, 2.05) is 42.6 Å². The topological polar surface area (TPSA) is 12.9 Å². The standard InChI is InChI=1S/C20H17N/c1-3-7-15(8-4-1)18-13-17-11-12-21-20(19(17)14-18)16-9-5-2-6-10-16/h1-12,18H,13-14H2/i18D. The molecule has 0 N–H and O–H groups in total. The fourth-order valence-corrected chi connectivity index (χ4v) is 3.12. The molecule has 0 radical (unpaired) electrons. The second-order valence-corrected chi connectivity index (χ2v) is 5.49. The second kappa shape index (κ2) is 5.17. The molecular formula is C20H17N. The van der Waals surface area contributed by atoms with Crippen molar-refractivity contribution in [1.29, 1.82) is 0 Å². The molecule has 0 fully saturated rings. The molecule has 0 saturated heterocycles. The van der Waals surface area contributed by atoms with Crippen molar-refractivity contribution in [2.45, 2.75) is 18.7 Å². The van der Waals surface area contributed by atoms with E-state index in [0.717, 1.165) is 29.7 Å². The maximum Gasteiger partial charge on any atom is 0.0736 e. The molecule has 1 aliphatic rings. The van der Waals surface area contributed by atoms with Crippen LogP contribution in [0.15, 0.2) is 72.9 Å². The largest absolute Gasteiger partial charge is 0.256 e. The number of benzene rings is 2.